The molecule has 0 aliphatic carbocycles. The molecule has 0 radical (unpaired) electrons. The van der Waals surface area contributed by atoms with E-state index in [9.17, 15) is 0 Å². The van der Waals surface area contributed by atoms with E-state index in [1.165, 1.54) is 0 Å². The molecule has 2 N–H and O–H groups in total. The van der Waals surface area contributed by atoms with Crippen LogP contribution in [-0.4, -0.2) is 27.3 Å². The van der Waals surface area contributed by atoms with E-state index in [2.05, 4.69) is 31.5 Å². The van der Waals surface area contributed by atoms with Gasteiger partial charge in [-0.3, -0.25) is 0 Å². The Morgan fingerprint density at radius 3 is 2.81 bits per heavy atom. The zero-order valence-electron chi connectivity index (χ0n) is 11.2. The molecule has 0 saturated heterocycles. The molecule has 0 fully saturated rings. The molecule has 1 heterocycles. The number of hydrogen-bond donors (Lipinski definition) is 1. The van der Waals surface area contributed by atoms with Crippen LogP contribution in [0.2, 0.25) is 0 Å². The maximum atomic E-state index is 5.86. The molecule has 0 spiro atoms. The quantitative estimate of drug-likeness (QED) is 0.738. The molecule has 106 valence electrons. The van der Waals surface area contributed by atoms with Gasteiger partial charge in [0.1, 0.15) is 11.4 Å². The normalized spacial score (nSPS) is 10.6. The second-order valence-corrected chi connectivity index (χ2v) is 5.18. The Hall–Kier alpha value is -2.41. The molecule has 1 aromatic heterocycles. The van der Waals surface area contributed by atoms with Crippen LogP contribution in [0.25, 0.3) is 17.1 Å². The summed E-state index contributed by atoms with van der Waals surface area (Å²) >= 11 is 3.50. The van der Waals surface area contributed by atoms with Crippen molar-refractivity contribution in [1.82, 2.24) is 20.2 Å². The number of hydrogen-bond acceptors (Lipinski definition) is 5. The standard InChI is InChI=1S/C14H12BrN5O/c1-21-13-5-3-2-4-12(13)20-14(17-18-19-20)10-8-9(16)6-7-11(10)15/h2-8H,16H2,1H3. The van der Waals surface area contributed by atoms with Crippen molar-refractivity contribution < 1.29 is 4.74 Å². The number of halogens is 1. The zero-order valence-corrected chi connectivity index (χ0v) is 12.8. The number of rotatable bonds is 3. The van der Waals surface area contributed by atoms with Gasteiger partial charge in [0.15, 0.2) is 5.82 Å². The third-order valence-electron chi connectivity index (χ3n) is 3.01. The molecule has 0 aliphatic rings. The average Bonchev–Trinajstić information content (AvgIpc) is 2.98. The highest BCUT2D eigenvalue weighted by atomic mass is 79.9. The Labute approximate surface area is 129 Å². The largest absolute Gasteiger partial charge is 0.494 e. The van der Waals surface area contributed by atoms with Crippen molar-refractivity contribution in [2.45, 2.75) is 0 Å². The summed E-state index contributed by atoms with van der Waals surface area (Å²) in [6.45, 7) is 0. The summed E-state index contributed by atoms with van der Waals surface area (Å²) in [5, 5.41) is 11.9. The Morgan fingerprint density at radius 1 is 1.19 bits per heavy atom. The van der Waals surface area contributed by atoms with Gasteiger partial charge in [-0.15, -0.1) is 5.10 Å². The summed E-state index contributed by atoms with van der Waals surface area (Å²) in [6.07, 6.45) is 0. The van der Waals surface area contributed by atoms with E-state index >= 15 is 0 Å². The molecule has 0 amide bonds. The van der Waals surface area contributed by atoms with E-state index < -0.39 is 0 Å². The molecule has 21 heavy (non-hydrogen) atoms. The van der Waals surface area contributed by atoms with Gasteiger partial charge >= 0.3 is 0 Å². The summed E-state index contributed by atoms with van der Waals surface area (Å²) in [6, 6.07) is 13.0. The summed E-state index contributed by atoms with van der Waals surface area (Å²) in [7, 11) is 1.61. The van der Waals surface area contributed by atoms with Crippen molar-refractivity contribution in [3.8, 4) is 22.8 Å². The fourth-order valence-corrected chi connectivity index (χ4v) is 2.46. The lowest BCUT2D eigenvalue weighted by Gasteiger charge is -2.10. The fourth-order valence-electron chi connectivity index (χ4n) is 2.04. The van der Waals surface area contributed by atoms with Crippen molar-refractivity contribution in [2.75, 3.05) is 12.8 Å². The maximum absolute atomic E-state index is 5.86. The highest BCUT2D eigenvalue weighted by molar-refractivity contribution is 9.10. The molecule has 0 saturated carbocycles. The van der Waals surface area contributed by atoms with E-state index in [4.69, 9.17) is 10.5 Å². The van der Waals surface area contributed by atoms with Crippen LogP contribution in [-0.2, 0) is 0 Å². The number of nitrogens with two attached hydrogens (primary N) is 1. The zero-order chi connectivity index (χ0) is 14.8. The first-order chi connectivity index (χ1) is 10.2. The molecule has 6 nitrogen and oxygen atoms in total. The number of benzene rings is 2. The molecule has 3 rings (SSSR count). The molecule has 0 aliphatic heterocycles. The summed E-state index contributed by atoms with van der Waals surface area (Å²) in [5.74, 6) is 1.27. The van der Waals surface area contributed by atoms with Crippen molar-refractivity contribution in [3.05, 3.63) is 46.9 Å². The van der Waals surface area contributed by atoms with Crippen LogP contribution >= 0.6 is 15.9 Å². The van der Waals surface area contributed by atoms with E-state index in [-0.39, 0.29) is 0 Å². The van der Waals surface area contributed by atoms with Crippen LogP contribution in [0, 0.1) is 0 Å². The molecule has 7 heteroatoms. The average molecular weight is 346 g/mol. The summed E-state index contributed by atoms with van der Waals surface area (Å²) < 4.78 is 7.85. The Balaban J connectivity index is 2.20. The first-order valence-electron chi connectivity index (χ1n) is 6.18. The first kappa shape index (κ1) is 13.6. The number of aromatic nitrogens is 4. The van der Waals surface area contributed by atoms with Gasteiger partial charge in [0.05, 0.1) is 7.11 Å². The van der Waals surface area contributed by atoms with Gasteiger partial charge in [0.2, 0.25) is 0 Å². The van der Waals surface area contributed by atoms with E-state index in [0.717, 1.165) is 15.7 Å². The van der Waals surface area contributed by atoms with Crippen molar-refractivity contribution in [2.24, 2.45) is 0 Å². The van der Waals surface area contributed by atoms with Crippen molar-refractivity contribution in [3.63, 3.8) is 0 Å². The molecule has 0 unspecified atom stereocenters. The third-order valence-corrected chi connectivity index (χ3v) is 3.71. The second kappa shape index (κ2) is 5.53. The molecule has 3 aromatic rings. The van der Waals surface area contributed by atoms with E-state index in [1.807, 2.05) is 42.5 Å². The predicted molar refractivity (Wildman–Crippen MR) is 83.3 cm³/mol. The summed E-state index contributed by atoms with van der Waals surface area (Å²) in [4.78, 5) is 0. The second-order valence-electron chi connectivity index (χ2n) is 4.33. The Kier molecular flexibility index (Phi) is 3.57. The lowest BCUT2D eigenvalue weighted by atomic mass is 10.2. The molecule has 0 bridgehead atoms. The van der Waals surface area contributed by atoms with Crippen LogP contribution in [0.1, 0.15) is 0 Å². The minimum Gasteiger partial charge on any atom is -0.494 e. The highest BCUT2D eigenvalue weighted by Crippen LogP contribution is 2.31. The Morgan fingerprint density at radius 2 is 2.00 bits per heavy atom. The summed E-state index contributed by atoms with van der Waals surface area (Å²) in [5.41, 5.74) is 8.07. The van der Waals surface area contributed by atoms with Crippen LogP contribution < -0.4 is 10.5 Å². The number of nitrogen functional groups attached to an aromatic ring is 1. The molecular weight excluding hydrogens is 334 g/mol. The fraction of sp³-hybridized carbons (Fsp3) is 0.0714. The number of ether oxygens (including phenoxy) is 1. The highest BCUT2D eigenvalue weighted by Gasteiger charge is 2.16. The van der Waals surface area contributed by atoms with E-state index in [0.29, 0.717) is 17.3 Å². The minimum atomic E-state index is 0.582. The molecule has 2 aromatic carbocycles. The van der Waals surface area contributed by atoms with Gasteiger partial charge in [0, 0.05) is 15.7 Å². The Bertz CT molecular complexity index is 787. The number of para-hydroxylation sites is 2. The topological polar surface area (TPSA) is 78.8 Å². The monoisotopic (exact) mass is 345 g/mol. The van der Waals surface area contributed by atoms with Gasteiger partial charge in [-0.2, -0.15) is 4.68 Å². The SMILES string of the molecule is COc1ccccc1-n1nnnc1-c1cc(N)ccc1Br. The lowest BCUT2D eigenvalue weighted by molar-refractivity contribution is 0.411. The van der Waals surface area contributed by atoms with E-state index in [1.54, 1.807) is 11.8 Å². The third kappa shape index (κ3) is 2.47. The van der Waals surface area contributed by atoms with Gasteiger partial charge in [-0.05, 0) is 40.8 Å². The first-order valence-corrected chi connectivity index (χ1v) is 6.97. The van der Waals surface area contributed by atoms with Crippen LogP contribution in [0.3, 0.4) is 0 Å². The van der Waals surface area contributed by atoms with Crippen LogP contribution in [0.5, 0.6) is 5.75 Å². The van der Waals surface area contributed by atoms with Gasteiger partial charge in [-0.1, -0.05) is 28.1 Å². The van der Waals surface area contributed by atoms with Crippen LogP contribution in [0.15, 0.2) is 46.9 Å². The molecule has 0 atom stereocenters. The number of nitrogens with zero attached hydrogens (tertiary/aromatic N) is 4. The maximum Gasteiger partial charge on any atom is 0.188 e. The number of anilines is 1. The molecular formula is C14H12BrN5O. The van der Waals surface area contributed by atoms with Crippen molar-refractivity contribution in [1.29, 1.82) is 0 Å². The number of tetrazole rings is 1. The number of methoxy groups -OCH3 is 1. The minimum absolute atomic E-state index is 0.582. The smallest absolute Gasteiger partial charge is 0.188 e. The predicted octanol–water partition coefficient (Wildman–Crippen LogP) is 2.68. The van der Waals surface area contributed by atoms with Gasteiger partial charge in [0.25, 0.3) is 0 Å². The lowest BCUT2D eigenvalue weighted by Crippen LogP contribution is -2.03. The van der Waals surface area contributed by atoms with Gasteiger partial charge in [-0.25, -0.2) is 0 Å². The van der Waals surface area contributed by atoms with Gasteiger partial charge < -0.3 is 10.5 Å². The van der Waals surface area contributed by atoms with Crippen molar-refractivity contribution >= 4 is 21.6 Å². The van der Waals surface area contributed by atoms with Crippen LogP contribution in [0.4, 0.5) is 5.69 Å².